The maximum absolute atomic E-state index is 13.6. The third kappa shape index (κ3) is 4.77. The Balaban J connectivity index is 1.67. The summed E-state index contributed by atoms with van der Waals surface area (Å²) in [5.74, 6) is 1.19. The van der Waals surface area contributed by atoms with Gasteiger partial charge in [-0.2, -0.15) is 0 Å². The predicted molar refractivity (Wildman–Crippen MR) is 132 cm³/mol. The number of hydrogen-bond acceptors (Lipinski definition) is 6. The van der Waals surface area contributed by atoms with Crippen LogP contribution < -0.4 is 5.56 Å². The number of carbonyl (C=O) groups is 1. The van der Waals surface area contributed by atoms with Crippen LogP contribution >= 0.6 is 23.1 Å². The van der Waals surface area contributed by atoms with E-state index in [0.29, 0.717) is 23.5 Å². The lowest BCUT2D eigenvalue weighted by Crippen LogP contribution is -2.45. The molecule has 2 aliphatic heterocycles. The van der Waals surface area contributed by atoms with E-state index in [2.05, 4.69) is 27.7 Å². The molecule has 0 N–H and O–H groups in total. The molecular formula is C24H35N3O3S2. The SMILES string of the molecule is CCc1c(C)sc2nc(SC(C)C(=O)N3CC(C)CC(C)C3)n(CC3CCCO3)c(=O)c12. The summed E-state index contributed by atoms with van der Waals surface area (Å²) in [6.45, 7) is 13.4. The Morgan fingerprint density at radius 1 is 1.31 bits per heavy atom. The van der Waals surface area contributed by atoms with E-state index >= 15 is 0 Å². The van der Waals surface area contributed by atoms with Crippen molar-refractivity contribution in [1.29, 1.82) is 0 Å². The average Bonchev–Trinajstić information content (AvgIpc) is 3.36. The average molecular weight is 478 g/mol. The van der Waals surface area contributed by atoms with Gasteiger partial charge in [-0.25, -0.2) is 4.98 Å². The number of aromatic nitrogens is 2. The predicted octanol–water partition coefficient (Wildman–Crippen LogP) is 4.49. The van der Waals surface area contributed by atoms with Crippen molar-refractivity contribution in [1.82, 2.24) is 14.5 Å². The smallest absolute Gasteiger partial charge is 0.263 e. The Morgan fingerprint density at radius 3 is 2.66 bits per heavy atom. The van der Waals surface area contributed by atoms with Gasteiger partial charge in [-0.3, -0.25) is 14.2 Å². The van der Waals surface area contributed by atoms with Crippen LogP contribution in [0, 0.1) is 18.8 Å². The third-order valence-electron chi connectivity index (χ3n) is 6.65. The number of fused-ring (bicyclic) bond motifs is 1. The van der Waals surface area contributed by atoms with Crippen LogP contribution in [0.2, 0.25) is 0 Å². The number of amides is 1. The number of carbonyl (C=O) groups excluding carboxylic acids is 1. The summed E-state index contributed by atoms with van der Waals surface area (Å²) in [4.78, 5) is 35.8. The van der Waals surface area contributed by atoms with Crippen molar-refractivity contribution in [2.75, 3.05) is 19.7 Å². The number of rotatable bonds is 6. The second-order valence-corrected chi connectivity index (χ2v) is 12.1. The summed E-state index contributed by atoms with van der Waals surface area (Å²) in [6.07, 6.45) is 3.99. The number of thioether (sulfide) groups is 1. The minimum absolute atomic E-state index is 0.00839. The van der Waals surface area contributed by atoms with E-state index in [1.165, 1.54) is 18.2 Å². The van der Waals surface area contributed by atoms with Gasteiger partial charge in [0.15, 0.2) is 5.16 Å². The monoisotopic (exact) mass is 477 g/mol. The van der Waals surface area contributed by atoms with Crippen LogP contribution in [0.25, 0.3) is 10.2 Å². The maximum atomic E-state index is 13.6. The van der Waals surface area contributed by atoms with Crippen LogP contribution in [-0.2, 0) is 22.5 Å². The van der Waals surface area contributed by atoms with Gasteiger partial charge in [0, 0.05) is 24.6 Å². The molecule has 2 saturated heterocycles. The molecule has 1 amide bonds. The highest BCUT2D eigenvalue weighted by Gasteiger charge is 2.30. The van der Waals surface area contributed by atoms with Crippen molar-refractivity contribution in [2.24, 2.45) is 11.8 Å². The lowest BCUT2D eigenvalue weighted by molar-refractivity contribution is -0.132. The first-order chi connectivity index (χ1) is 15.3. The summed E-state index contributed by atoms with van der Waals surface area (Å²) in [5, 5.41) is 1.09. The number of thiophene rings is 1. The van der Waals surface area contributed by atoms with Crippen LogP contribution in [0.3, 0.4) is 0 Å². The molecule has 2 aliphatic rings. The minimum atomic E-state index is -0.292. The highest BCUT2D eigenvalue weighted by molar-refractivity contribution is 8.00. The molecule has 4 atom stereocenters. The van der Waals surface area contributed by atoms with E-state index in [1.54, 1.807) is 15.9 Å². The summed E-state index contributed by atoms with van der Waals surface area (Å²) >= 11 is 3.00. The van der Waals surface area contributed by atoms with E-state index in [9.17, 15) is 9.59 Å². The molecule has 0 aliphatic carbocycles. The van der Waals surface area contributed by atoms with Crippen LogP contribution in [0.15, 0.2) is 9.95 Å². The molecule has 2 fully saturated rings. The van der Waals surface area contributed by atoms with Gasteiger partial charge >= 0.3 is 0 Å². The highest BCUT2D eigenvalue weighted by Crippen LogP contribution is 2.32. The van der Waals surface area contributed by atoms with Crippen molar-refractivity contribution in [3.05, 3.63) is 20.8 Å². The molecule has 176 valence electrons. The zero-order valence-corrected chi connectivity index (χ0v) is 21.5. The van der Waals surface area contributed by atoms with E-state index in [-0.39, 0.29) is 22.8 Å². The third-order valence-corrected chi connectivity index (χ3v) is 8.77. The Hall–Kier alpha value is -1.38. The van der Waals surface area contributed by atoms with E-state index in [4.69, 9.17) is 9.72 Å². The molecule has 0 aromatic carbocycles. The Morgan fingerprint density at radius 2 is 2.03 bits per heavy atom. The number of aryl methyl sites for hydroxylation is 2. The lowest BCUT2D eigenvalue weighted by atomic mass is 9.92. The molecule has 4 unspecified atom stereocenters. The van der Waals surface area contributed by atoms with Gasteiger partial charge in [-0.05, 0) is 56.9 Å². The summed E-state index contributed by atoms with van der Waals surface area (Å²) in [5.41, 5.74) is 1.11. The number of hydrogen-bond donors (Lipinski definition) is 0. The fourth-order valence-electron chi connectivity index (χ4n) is 5.21. The fourth-order valence-corrected chi connectivity index (χ4v) is 7.37. The second-order valence-electron chi connectivity index (χ2n) is 9.57. The quantitative estimate of drug-likeness (QED) is 0.453. The number of piperidine rings is 1. The molecule has 0 saturated carbocycles. The Labute approximate surface area is 198 Å². The lowest BCUT2D eigenvalue weighted by Gasteiger charge is -2.36. The van der Waals surface area contributed by atoms with Crippen molar-refractivity contribution >= 4 is 39.2 Å². The van der Waals surface area contributed by atoms with Crippen LogP contribution in [0.4, 0.5) is 0 Å². The number of likely N-dealkylation sites (tertiary alicyclic amines) is 1. The second kappa shape index (κ2) is 9.85. The van der Waals surface area contributed by atoms with Crippen molar-refractivity contribution in [3.63, 3.8) is 0 Å². The Bertz CT molecular complexity index is 1030. The molecule has 4 heterocycles. The molecule has 8 heteroatoms. The van der Waals surface area contributed by atoms with Crippen molar-refractivity contribution < 1.29 is 9.53 Å². The molecule has 2 aromatic rings. The molecule has 0 spiro atoms. The zero-order valence-electron chi connectivity index (χ0n) is 19.8. The summed E-state index contributed by atoms with van der Waals surface area (Å²) in [6, 6.07) is 0. The highest BCUT2D eigenvalue weighted by atomic mass is 32.2. The minimum Gasteiger partial charge on any atom is -0.376 e. The van der Waals surface area contributed by atoms with Gasteiger partial charge < -0.3 is 9.64 Å². The van der Waals surface area contributed by atoms with E-state index < -0.39 is 0 Å². The number of nitrogens with zero attached hydrogens (tertiary/aromatic N) is 3. The normalized spacial score (nSPS) is 24.9. The van der Waals surface area contributed by atoms with Crippen molar-refractivity contribution in [2.45, 2.75) is 83.4 Å². The molecule has 32 heavy (non-hydrogen) atoms. The summed E-state index contributed by atoms with van der Waals surface area (Å²) < 4.78 is 7.62. The molecule has 6 nitrogen and oxygen atoms in total. The molecule has 0 bridgehead atoms. The van der Waals surface area contributed by atoms with Gasteiger partial charge in [0.25, 0.3) is 5.56 Å². The van der Waals surface area contributed by atoms with Crippen LogP contribution in [-0.4, -0.2) is 51.4 Å². The Kier molecular flexibility index (Phi) is 7.32. The largest absolute Gasteiger partial charge is 0.376 e. The fraction of sp³-hybridized carbons (Fsp3) is 0.708. The molecule has 2 aromatic heterocycles. The first-order valence-electron chi connectivity index (χ1n) is 11.9. The van der Waals surface area contributed by atoms with Crippen LogP contribution in [0.5, 0.6) is 0 Å². The molecule has 4 rings (SSSR count). The summed E-state index contributed by atoms with van der Waals surface area (Å²) in [7, 11) is 0. The van der Waals surface area contributed by atoms with E-state index in [1.807, 2.05) is 11.8 Å². The van der Waals surface area contributed by atoms with Gasteiger partial charge in [0.2, 0.25) is 5.91 Å². The number of ether oxygens (including phenoxy) is 1. The first-order valence-corrected chi connectivity index (χ1v) is 13.6. The van der Waals surface area contributed by atoms with Crippen molar-refractivity contribution in [3.8, 4) is 0 Å². The van der Waals surface area contributed by atoms with Gasteiger partial charge in [0.05, 0.1) is 23.3 Å². The topological polar surface area (TPSA) is 64.4 Å². The van der Waals surface area contributed by atoms with Gasteiger partial charge in [0.1, 0.15) is 4.83 Å². The molecular weight excluding hydrogens is 442 g/mol. The van der Waals surface area contributed by atoms with Gasteiger partial charge in [-0.1, -0.05) is 32.5 Å². The maximum Gasteiger partial charge on any atom is 0.263 e. The van der Waals surface area contributed by atoms with Crippen LogP contribution in [0.1, 0.15) is 57.4 Å². The first kappa shape index (κ1) is 23.8. The molecule has 0 radical (unpaired) electrons. The van der Waals surface area contributed by atoms with Gasteiger partial charge in [-0.15, -0.1) is 11.3 Å². The van der Waals surface area contributed by atoms with E-state index in [0.717, 1.165) is 59.6 Å². The standard InChI is InChI=1S/C24H35N3O3S2/c1-6-19-16(4)31-21-20(19)23(29)27(13-18-8-7-9-30-18)24(25-21)32-17(5)22(28)26-11-14(2)10-15(3)12-26/h14-15,17-18H,6-13H2,1-5H3. The zero-order chi connectivity index (χ0) is 23.0.